The first-order valence-electron chi connectivity index (χ1n) is 15.6. The van der Waals surface area contributed by atoms with Gasteiger partial charge in [0, 0.05) is 43.3 Å². The number of fused-ring (bicyclic) bond motifs is 2. The summed E-state index contributed by atoms with van der Waals surface area (Å²) in [4.78, 5) is 15.2. The highest BCUT2D eigenvalue weighted by Crippen LogP contribution is 2.53. The number of hydrogen-bond acceptors (Lipinski definition) is 5. The molecule has 2 saturated heterocycles. The van der Waals surface area contributed by atoms with Crippen LogP contribution >= 0.6 is 0 Å². The topological polar surface area (TPSA) is 83.1 Å². The quantitative estimate of drug-likeness (QED) is 0.267. The molecule has 3 aromatic rings. The Morgan fingerprint density at radius 2 is 1.63 bits per heavy atom. The largest absolute Gasteiger partial charge is 0.392 e. The molecule has 1 aliphatic carbocycles. The fraction of sp³-hybridized carbons (Fsp3) is 0.472. The number of benzene rings is 3. The van der Waals surface area contributed by atoms with E-state index in [4.69, 9.17) is 9.47 Å². The summed E-state index contributed by atoms with van der Waals surface area (Å²) in [5.74, 6) is 0. The van der Waals surface area contributed by atoms with Crippen LogP contribution in [0.15, 0.2) is 78.9 Å². The standard InChI is InChI=1S/C36H45N3O4/c1-35(2)18-30-19-36(3,23-35)24-39(30)21-31-17-32(27-11-9-26(22-40)10-12-27)43-33(42-31)28-13-15-29(16-14-28)38-34(41)37-20-25-7-5-4-6-8-25/h4-16,30-33,40H,17-24H2,1-3H3,(H2,37,38,41). The first kappa shape index (κ1) is 29.8. The number of nitrogens with zero attached hydrogens (tertiary/aromatic N) is 1. The van der Waals surface area contributed by atoms with Crippen LogP contribution in [0.25, 0.3) is 0 Å². The molecular weight excluding hydrogens is 538 g/mol. The Hall–Kier alpha value is -3.23. The number of hydrogen-bond donors (Lipinski definition) is 3. The SMILES string of the molecule is CC1(C)CC2CC(C)(CN2CC2CC(c3ccc(CO)cc3)OC(c3ccc(NC(=O)NCc4ccccc4)cc3)O2)C1. The number of aliphatic hydroxyl groups is 1. The van der Waals surface area contributed by atoms with Gasteiger partial charge in [-0.3, -0.25) is 4.90 Å². The number of aliphatic hydroxyl groups excluding tert-OH is 1. The molecule has 43 heavy (non-hydrogen) atoms. The summed E-state index contributed by atoms with van der Waals surface area (Å²) in [7, 11) is 0. The van der Waals surface area contributed by atoms with Crippen LogP contribution < -0.4 is 10.6 Å². The zero-order valence-corrected chi connectivity index (χ0v) is 25.6. The third-order valence-corrected chi connectivity index (χ3v) is 9.31. The normalized spacial score (nSPS) is 28.4. The summed E-state index contributed by atoms with van der Waals surface area (Å²) in [5.41, 5.74) is 5.40. The van der Waals surface area contributed by atoms with E-state index in [1.54, 1.807) is 0 Å². The first-order chi connectivity index (χ1) is 20.7. The molecule has 2 amide bonds. The van der Waals surface area contributed by atoms with Gasteiger partial charge in [0.1, 0.15) is 0 Å². The molecule has 228 valence electrons. The smallest absolute Gasteiger partial charge is 0.319 e. The summed E-state index contributed by atoms with van der Waals surface area (Å²) in [6, 6.07) is 26.0. The van der Waals surface area contributed by atoms with E-state index in [9.17, 15) is 9.90 Å². The third kappa shape index (κ3) is 7.29. The number of ether oxygens (including phenoxy) is 2. The van der Waals surface area contributed by atoms with Gasteiger partial charge in [0.15, 0.2) is 6.29 Å². The van der Waals surface area contributed by atoms with E-state index in [0.717, 1.165) is 41.8 Å². The molecule has 3 aliphatic rings. The number of nitrogens with one attached hydrogen (secondary N) is 2. The summed E-state index contributed by atoms with van der Waals surface area (Å²) in [5, 5.41) is 15.4. The van der Waals surface area contributed by atoms with Gasteiger partial charge in [-0.1, -0.05) is 87.5 Å². The van der Waals surface area contributed by atoms with Crippen LogP contribution in [0.4, 0.5) is 10.5 Å². The Labute approximate surface area is 255 Å². The molecule has 0 aromatic heterocycles. The van der Waals surface area contributed by atoms with Gasteiger partial charge in [-0.25, -0.2) is 4.79 Å². The average Bonchev–Trinajstić information content (AvgIpc) is 3.23. The molecule has 2 aliphatic heterocycles. The Bertz CT molecular complexity index is 1380. The Morgan fingerprint density at radius 1 is 0.907 bits per heavy atom. The lowest BCUT2D eigenvalue weighted by atomic mass is 9.65. The highest BCUT2D eigenvalue weighted by atomic mass is 16.7. The zero-order valence-electron chi connectivity index (χ0n) is 25.6. The molecule has 3 N–H and O–H groups in total. The van der Waals surface area contributed by atoms with Crippen LogP contribution in [0, 0.1) is 10.8 Å². The first-order valence-corrected chi connectivity index (χ1v) is 15.6. The summed E-state index contributed by atoms with van der Waals surface area (Å²) in [6.07, 6.45) is 3.93. The number of likely N-dealkylation sites (tertiary alicyclic amines) is 1. The van der Waals surface area contributed by atoms with Crippen molar-refractivity contribution in [3.8, 4) is 0 Å². The summed E-state index contributed by atoms with van der Waals surface area (Å²) < 4.78 is 13.2. The molecule has 3 aromatic carbocycles. The minimum absolute atomic E-state index is 0.0221. The lowest BCUT2D eigenvalue weighted by Crippen LogP contribution is -2.42. The van der Waals surface area contributed by atoms with Crippen LogP contribution in [-0.4, -0.2) is 41.3 Å². The Kier molecular flexibility index (Phi) is 8.60. The van der Waals surface area contributed by atoms with Crippen molar-refractivity contribution in [2.75, 3.05) is 18.4 Å². The van der Waals surface area contributed by atoms with E-state index in [-0.39, 0.29) is 24.8 Å². The maximum atomic E-state index is 12.5. The maximum Gasteiger partial charge on any atom is 0.319 e. The minimum atomic E-state index is -0.517. The molecule has 5 atom stereocenters. The van der Waals surface area contributed by atoms with Crippen molar-refractivity contribution in [3.05, 3.63) is 101 Å². The molecule has 7 nitrogen and oxygen atoms in total. The molecule has 6 rings (SSSR count). The van der Waals surface area contributed by atoms with Crippen molar-refractivity contribution in [2.24, 2.45) is 10.8 Å². The summed E-state index contributed by atoms with van der Waals surface area (Å²) in [6.45, 7) is 9.79. The van der Waals surface area contributed by atoms with E-state index >= 15 is 0 Å². The lowest BCUT2D eigenvalue weighted by Gasteiger charge is -2.41. The van der Waals surface area contributed by atoms with E-state index in [1.165, 1.54) is 19.3 Å². The van der Waals surface area contributed by atoms with E-state index in [1.807, 2.05) is 66.7 Å². The van der Waals surface area contributed by atoms with Crippen molar-refractivity contribution in [1.29, 1.82) is 0 Å². The van der Waals surface area contributed by atoms with Gasteiger partial charge in [0.2, 0.25) is 0 Å². The molecule has 0 spiro atoms. The highest BCUT2D eigenvalue weighted by Gasteiger charge is 2.50. The van der Waals surface area contributed by atoms with Crippen LogP contribution in [0.3, 0.4) is 0 Å². The third-order valence-electron chi connectivity index (χ3n) is 9.31. The van der Waals surface area contributed by atoms with Crippen molar-refractivity contribution in [2.45, 2.75) is 84.1 Å². The summed E-state index contributed by atoms with van der Waals surface area (Å²) >= 11 is 0. The Morgan fingerprint density at radius 3 is 2.35 bits per heavy atom. The number of urea groups is 1. The van der Waals surface area contributed by atoms with Crippen molar-refractivity contribution in [3.63, 3.8) is 0 Å². The lowest BCUT2D eigenvalue weighted by molar-refractivity contribution is -0.253. The van der Waals surface area contributed by atoms with Gasteiger partial charge < -0.3 is 25.2 Å². The van der Waals surface area contributed by atoms with Crippen LogP contribution in [-0.2, 0) is 22.6 Å². The second-order valence-electron chi connectivity index (χ2n) is 13.9. The van der Waals surface area contributed by atoms with Gasteiger partial charge in [0.05, 0.1) is 18.8 Å². The fourth-order valence-electron chi connectivity index (χ4n) is 7.76. The second-order valence-corrected chi connectivity index (χ2v) is 13.9. The zero-order chi connectivity index (χ0) is 30.0. The highest BCUT2D eigenvalue weighted by molar-refractivity contribution is 5.89. The number of carbonyl (C=O) groups is 1. The molecule has 3 fully saturated rings. The average molecular weight is 584 g/mol. The molecular formula is C36H45N3O4. The van der Waals surface area contributed by atoms with Gasteiger partial charge in [-0.05, 0) is 58.9 Å². The number of amides is 2. The van der Waals surface area contributed by atoms with E-state index in [0.29, 0.717) is 29.1 Å². The molecule has 2 heterocycles. The van der Waals surface area contributed by atoms with Gasteiger partial charge in [0.25, 0.3) is 0 Å². The molecule has 0 radical (unpaired) electrons. The monoisotopic (exact) mass is 583 g/mol. The molecule has 1 saturated carbocycles. The number of carbonyl (C=O) groups excluding carboxylic acids is 1. The van der Waals surface area contributed by atoms with Crippen molar-refractivity contribution < 1.29 is 19.4 Å². The van der Waals surface area contributed by atoms with Gasteiger partial charge in [-0.15, -0.1) is 0 Å². The predicted octanol–water partition coefficient (Wildman–Crippen LogP) is 6.95. The van der Waals surface area contributed by atoms with Crippen molar-refractivity contribution >= 4 is 11.7 Å². The van der Waals surface area contributed by atoms with E-state index < -0.39 is 6.29 Å². The fourth-order valence-corrected chi connectivity index (χ4v) is 7.76. The maximum absolute atomic E-state index is 12.5. The number of anilines is 1. The second kappa shape index (κ2) is 12.4. The molecule has 2 bridgehead atoms. The van der Waals surface area contributed by atoms with Crippen LogP contribution in [0.2, 0.25) is 0 Å². The molecule has 7 heteroatoms. The number of rotatable bonds is 8. The van der Waals surface area contributed by atoms with Crippen molar-refractivity contribution in [1.82, 2.24) is 10.2 Å². The Balaban J connectivity index is 1.14. The van der Waals surface area contributed by atoms with Gasteiger partial charge in [-0.2, -0.15) is 0 Å². The van der Waals surface area contributed by atoms with Crippen LogP contribution in [0.5, 0.6) is 0 Å². The predicted molar refractivity (Wildman–Crippen MR) is 168 cm³/mol. The van der Waals surface area contributed by atoms with Gasteiger partial charge >= 0.3 is 6.03 Å². The molecule has 5 unspecified atom stereocenters. The van der Waals surface area contributed by atoms with E-state index in [2.05, 4.69) is 48.4 Å². The van der Waals surface area contributed by atoms with Crippen LogP contribution in [0.1, 0.15) is 81.1 Å². The minimum Gasteiger partial charge on any atom is -0.392 e.